The van der Waals surface area contributed by atoms with Gasteiger partial charge < -0.3 is 10.0 Å². The lowest BCUT2D eigenvalue weighted by molar-refractivity contribution is -0.134. The fourth-order valence-electron chi connectivity index (χ4n) is 3.18. The van der Waals surface area contributed by atoms with E-state index in [9.17, 15) is 13.6 Å². The molecule has 1 amide bonds. The fraction of sp³-hybridized carbons (Fsp3) is 0.562. The van der Waals surface area contributed by atoms with Crippen LogP contribution in [0, 0.1) is 17.6 Å². The molecule has 2 fully saturated rings. The molecule has 1 aromatic carbocycles. The van der Waals surface area contributed by atoms with E-state index in [-0.39, 0.29) is 24.3 Å². The molecular weight excluding hydrogens is 290 g/mol. The summed E-state index contributed by atoms with van der Waals surface area (Å²) in [5.74, 6) is -1.28. The summed E-state index contributed by atoms with van der Waals surface area (Å²) in [6.07, 6.45) is 0.593. The molecule has 6 heteroatoms. The van der Waals surface area contributed by atoms with Crippen LogP contribution in [0.5, 0.6) is 0 Å². The number of aliphatic hydroxyl groups excluding tert-OH is 1. The lowest BCUT2D eigenvalue weighted by Crippen LogP contribution is -2.49. The molecule has 22 heavy (non-hydrogen) atoms. The Labute approximate surface area is 128 Å². The van der Waals surface area contributed by atoms with Gasteiger partial charge in [0, 0.05) is 38.6 Å². The van der Waals surface area contributed by atoms with Crippen LogP contribution < -0.4 is 0 Å². The van der Waals surface area contributed by atoms with Crippen molar-refractivity contribution in [2.45, 2.75) is 12.3 Å². The van der Waals surface area contributed by atoms with Gasteiger partial charge in [0.05, 0.1) is 6.61 Å². The van der Waals surface area contributed by atoms with Crippen molar-refractivity contribution in [2.75, 3.05) is 39.3 Å². The first kappa shape index (κ1) is 15.4. The molecule has 1 aromatic rings. The van der Waals surface area contributed by atoms with E-state index in [1.54, 1.807) is 4.90 Å². The van der Waals surface area contributed by atoms with Gasteiger partial charge in [-0.1, -0.05) is 0 Å². The number of nitrogens with zero attached hydrogens (tertiary/aromatic N) is 2. The minimum atomic E-state index is -0.466. The molecule has 4 nitrogen and oxygen atoms in total. The standard InChI is InChI=1S/C16H20F2N2O2/c17-11-1-2-15(18)13(9-11)12-10-14(12)16(22)20-5-3-19(4-6-20)7-8-21/h1-2,9,12,14,21H,3-8,10H2. The van der Waals surface area contributed by atoms with Crippen LogP contribution in [-0.4, -0.2) is 60.1 Å². The highest BCUT2D eigenvalue weighted by atomic mass is 19.1. The molecule has 1 saturated carbocycles. The second kappa shape index (κ2) is 6.30. The molecule has 0 aromatic heterocycles. The van der Waals surface area contributed by atoms with Crippen LogP contribution in [0.15, 0.2) is 18.2 Å². The highest BCUT2D eigenvalue weighted by Crippen LogP contribution is 2.49. The van der Waals surface area contributed by atoms with Crippen molar-refractivity contribution in [1.82, 2.24) is 9.80 Å². The molecule has 0 spiro atoms. The largest absolute Gasteiger partial charge is 0.395 e. The van der Waals surface area contributed by atoms with Gasteiger partial charge in [-0.05, 0) is 36.1 Å². The number of hydrogen-bond acceptors (Lipinski definition) is 3. The molecule has 2 atom stereocenters. The van der Waals surface area contributed by atoms with Crippen molar-refractivity contribution < 1.29 is 18.7 Å². The van der Waals surface area contributed by atoms with E-state index < -0.39 is 11.6 Å². The number of halogens is 2. The molecule has 1 heterocycles. The summed E-state index contributed by atoms with van der Waals surface area (Å²) in [6, 6.07) is 3.42. The lowest BCUT2D eigenvalue weighted by atomic mass is 10.1. The van der Waals surface area contributed by atoms with Gasteiger partial charge in [0.15, 0.2) is 0 Å². The van der Waals surface area contributed by atoms with Crippen molar-refractivity contribution in [1.29, 1.82) is 0 Å². The number of benzene rings is 1. The number of aliphatic hydroxyl groups is 1. The zero-order chi connectivity index (χ0) is 15.7. The second-order valence-electron chi connectivity index (χ2n) is 6.01. The summed E-state index contributed by atoms with van der Waals surface area (Å²) in [5, 5.41) is 8.91. The number of carbonyl (C=O) groups is 1. The summed E-state index contributed by atoms with van der Waals surface area (Å²) in [5.41, 5.74) is 0.317. The second-order valence-corrected chi connectivity index (χ2v) is 6.01. The van der Waals surface area contributed by atoms with Crippen molar-refractivity contribution >= 4 is 5.91 Å². The third-order valence-electron chi connectivity index (χ3n) is 4.57. The predicted octanol–water partition coefficient (Wildman–Crippen LogP) is 1.20. The molecule has 0 radical (unpaired) electrons. The van der Waals surface area contributed by atoms with Gasteiger partial charge >= 0.3 is 0 Å². The van der Waals surface area contributed by atoms with E-state index in [0.29, 0.717) is 31.6 Å². The quantitative estimate of drug-likeness (QED) is 0.909. The van der Waals surface area contributed by atoms with Crippen LogP contribution in [0.2, 0.25) is 0 Å². The molecule has 1 aliphatic carbocycles. The van der Waals surface area contributed by atoms with Crippen LogP contribution in [0.3, 0.4) is 0 Å². The Hall–Kier alpha value is -1.53. The Morgan fingerprint density at radius 1 is 1.23 bits per heavy atom. The molecule has 0 bridgehead atoms. The third-order valence-corrected chi connectivity index (χ3v) is 4.57. The Morgan fingerprint density at radius 2 is 1.95 bits per heavy atom. The normalized spacial score (nSPS) is 25.3. The number of amides is 1. The van der Waals surface area contributed by atoms with Gasteiger partial charge in [0.1, 0.15) is 11.6 Å². The van der Waals surface area contributed by atoms with Crippen molar-refractivity contribution in [3.8, 4) is 0 Å². The smallest absolute Gasteiger partial charge is 0.226 e. The maximum atomic E-state index is 13.8. The summed E-state index contributed by atoms with van der Waals surface area (Å²) in [4.78, 5) is 16.4. The Kier molecular flexibility index (Phi) is 4.40. The zero-order valence-electron chi connectivity index (χ0n) is 12.3. The zero-order valence-corrected chi connectivity index (χ0v) is 12.3. The molecule has 1 N–H and O–H groups in total. The van der Waals surface area contributed by atoms with Crippen molar-refractivity contribution in [3.05, 3.63) is 35.4 Å². The van der Waals surface area contributed by atoms with Crippen LogP contribution in [0.25, 0.3) is 0 Å². The van der Waals surface area contributed by atoms with Crippen LogP contribution in [0.4, 0.5) is 8.78 Å². The minimum absolute atomic E-state index is 0.0392. The summed E-state index contributed by atoms with van der Waals surface area (Å²) < 4.78 is 27.0. The average molecular weight is 310 g/mol. The number of β-amino-alcohol motifs (C(OH)–C–C–N with tert-alkyl or cyclic N) is 1. The number of hydrogen-bond donors (Lipinski definition) is 1. The Balaban J connectivity index is 1.58. The molecule has 1 aliphatic heterocycles. The number of piperazine rings is 1. The van der Waals surface area contributed by atoms with E-state index >= 15 is 0 Å². The average Bonchev–Trinajstić information content (AvgIpc) is 3.30. The Bertz CT molecular complexity index is 559. The summed E-state index contributed by atoms with van der Waals surface area (Å²) in [6.45, 7) is 3.51. The SMILES string of the molecule is O=C(C1CC1c1cc(F)ccc1F)N1CCN(CCO)CC1. The van der Waals surface area contributed by atoms with Crippen LogP contribution in [0.1, 0.15) is 17.9 Å². The molecule has 2 aliphatic rings. The van der Waals surface area contributed by atoms with E-state index in [1.807, 2.05) is 0 Å². The third kappa shape index (κ3) is 3.13. The van der Waals surface area contributed by atoms with Crippen molar-refractivity contribution in [3.63, 3.8) is 0 Å². The molecule has 3 rings (SSSR count). The lowest BCUT2D eigenvalue weighted by Gasteiger charge is -2.34. The maximum Gasteiger partial charge on any atom is 0.226 e. The predicted molar refractivity (Wildman–Crippen MR) is 77.3 cm³/mol. The Morgan fingerprint density at radius 3 is 2.64 bits per heavy atom. The minimum Gasteiger partial charge on any atom is -0.395 e. The topological polar surface area (TPSA) is 43.8 Å². The van der Waals surface area contributed by atoms with E-state index in [4.69, 9.17) is 5.11 Å². The van der Waals surface area contributed by atoms with Gasteiger partial charge in [0.2, 0.25) is 5.91 Å². The number of rotatable bonds is 4. The first-order valence-electron chi connectivity index (χ1n) is 7.67. The monoisotopic (exact) mass is 310 g/mol. The van der Waals surface area contributed by atoms with Crippen molar-refractivity contribution in [2.24, 2.45) is 5.92 Å². The van der Waals surface area contributed by atoms with E-state index in [2.05, 4.69) is 4.90 Å². The molecular formula is C16H20F2N2O2. The summed E-state index contributed by atoms with van der Waals surface area (Å²) >= 11 is 0. The van der Waals surface area contributed by atoms with E-state index in [0.717, 1.165) is 25.2 Å². The number of carbonyl (C=O) groups excluding carboxylic acids is 1. The van der Waals surface area contributed by atoms with Crippen LogP contribution in [-0.2, 0) is 4.79 Å². The van der Waals surface area contributed by atoms with Gasteiger partial charge in [-0.15, -0.1) is 0 Å². The van der Waals surface area contributed by atoms with Gasteiger partial charge in [-0.2, -0.15) is 0 Å². The fourth-order valence-corrected chi connectivity index (χ4v) is 3.18. The van der Waals surface area contributed by atoms with Gasteiger partial charge in [-0.25, -0.2) is 8.78 Å². The maximum absolute atomic E-state index is 13.8. The molecule has 1 saturated heterocycles. The highest BCUT2D eigenvalue weighted by Gasteiger charge is 2.47. The first-order valence-corrected chi connectivity index (χ1v) is 7.67. The first-order chi connectivity index (χ1) is 10.6. The molecule has 2 unspecified atom stereocenters. The highest BCUT2D eigenvalue weighted by molar-refractivity contribution is 5.83. The molecule has 120 valence electrons. The van der Waals surface area contributed by atoms with Gasteiger partial charge in [0.25, 0.3) is 0 Å². The van der Waals surface area contributed by atoms with Crippen LogP contribution >= 0.6 is 0 Å². The van der Waals surface area contributed by atoms with Gasteiger partial charge in [-0.3, -0.25) is 9.69 Å². The summed E-state index contributed by atoms with van der Waals surface area (Å²) in [7, 11) is 0. The van der Waals surface area contributed by atoms with E-state index in [1.165, 1.54) is 6.07 Å².